The largest absolute Gasteiger partial charge is 0.480 e. The van der Waals surface area contributed by atoms with Crippen LogP contribution in [0.3, 0.4) is 0 Å². The first-order chi connectivity index (χ1) is 20.1. The number of rotatable bonds is 5. The van der Waals surface area contributed by atoms with Gasteiger partial charge in [0.25, 0.3) is 0 Å². The Kier molecular flexibility index (Phi) is 7.10. The third-order valence-corrected chi connectivity index (χ3v) is 9.18. The number of carbonyl (C=O) groups is 2. The molecule has 0 bridgehead atoms. The van der Waals surface area contributed by atoms with Gasteiger partial charge >= 0.3 is 12.1 Å². The number of hydrogen-bond donors (Lipinski definition) is 1. The smallest absolute Gasteiger partial charge is 0.411 e. The number of amides is 1. The molecule has 8 heteroatoms. The van der Waals surface area contributed by atoms with Gasteiger partial charge in [-0.3, -0.25) is 9.11 Å². The first-order valence-corrected chi connectivity index (χ1v) is 15.0. The maximum Gasteiger partial charge on any atom is 0.411 e. The van der Waals surface area contributed by atoms with E-state index in [9.17, 15) is 18.9 Å². The van der Waals surface area contributed by atoms with Gasteiger partial charge in [-0.15, -0.1) is 0 Å². The van der Waals surface area contributed by atoms with Gasteiger partial charge in [0.1, 0.15) is 22.8 Å². The molecule has 1 fully saturated rings. The van der Waals surface area contributed by atoms with E-state index >= 15 is 0 Å². The highest BCUT2D eigenvalue weighted by Gasteiger charge is 2.44. The van der Waals surface area contributed by atoms with Crippen LogP contribution < -0.4 is 0 Å². The van der Waals surface area contributed by atoms with Crippen molar-refractivity contribution in [1.82, 2.24) is 4.90 Å². The van der Waals surface area contributed by atoms with Crippen LogP contribution in [0, 0.1) is 0 Å². The third-order valence-electron chi connectivity index (χ3n) is 7.50. The van der Waals surface area contributed by atoms with Crippen molar-refractivity contribution in [3.05, 3.63) is 91.0 Å². The van der Waals surface area contributed by atoms with Crippen molar-refractivity contribution in [3.63, 3.8) is 0 Å². The monoisotopic (exact) mass is 581 g/mol. The molecule has 2 heterocycles. The van der Waals surface area contributed by atoms with Crippen LogP contribution in [0.4, 0.5) is 4.79 Å². The lowest BCUT2D eigenvalue weighted by molar-refractivity contribution is -0.142. The van der Waals surface area contributed by atoms with Crippen LogP contribution in [0.1, 0.15) is 27.2 Å². The normalized spacial score (nSPS) is 17.9. The number of benzene rings is 4. The number of fused-ring (bicyclic) bond motifs is 3. The van der Waals surface area contributed by atoms with Gasteiger partial charge in [-0.25, -0.2) is 9.59 Å². The zero-order valence-electron chi connectivity index (χ0n) is 23.6. The topological polar surface area (TPSA) is 97.0 Å². The van der Waals surface area contributed by atoms with Crippen LogP contribution in [0.2, 0.25) is 0 Å². The lowest BCUT2D eigenvalue weighted by Gasteiger charge is -2.26. The first-order valence-electron chi connectivity index (χ1n) is 13.8. The van der Waals surface area contributed by atoms with Gasteiger partial charge in [0.15, 0.2) is 0 Å². The lowest BCUT2D eigenvalue weighted by atomic mass is 9.99. The zero-order valence-corrected chi connectivity index (χ0v) is 24.4. The van der Waals surface area contributed by atoms with Gasteiger partial charge in [0.05, 0.1) is 16.0 Å². The van der Waals surface area contributed by atoms with Crippen molar-refractivity contribution in [1.29, 1.82) is 0 Å². The molecule has 5 aromatic rings. The molecule has 42 heavy (non-hydrogen) atoms. The van der Waals surface area contributed by atoms with Gasteiger partial charge in [-0.2, -0.15) is 0 Å². The van der Waals surface area contributed by atoms with E-state index in [1.807, 2.05) is 36.4 Å². The fourth-order valence-electron chi connectivity index (χ4n) is 5.50. The fraction of sp³-hybridized carbons (Fsp3) is 0.235. The van der Waals surface area contributed by atoms with Gasteiger partial charge in [0.2, 0.25) is 0 Å². The quantitative estimate of drug-likeness (QED) is 0.231. The van der Waals surface area contributed by atoms with E-state index in [1.165, 1.54) is 4.90 Å². The molecular formula is C34H31NO6S. The standard InChI is InChI=1S/C34H31NO6S/c1-34(2,3)41-33(38)35-20-25(19-29(35)32(36)37)42(39)24-17-15-22(16-18-24)21-11-13-23(14-12-21)26-8-6-9-28-27-7-4-5-10-30(27)40-31(26)28/h4-18,25,29H,19-20H2,1-3H3,(H,36,37)/t25?,29-,42?/m0/s1. The Bertz CT molecular complexity index is 1820. The minimum absolute atomic E-state index is 0.0552. The molecule has 1 saturated heterocycles. The number of para-hydroxylation sites is 2. The van der Waals surface area contributed by atoms with E-state index in [2.05, 4.69) is 42.5 Å². The van der Waals surface area contributed by atoms with E-state index in [0.29, 0.717) is 4.90 Å². The highest BCUT2D eigenvalue weighted by atomic mass is 32.2. The summed E-state index contributed by atoms with van der Waals surface area (Å²) in [4.78, 5) is 26.3. The van der Waals surface area contributed by atoms with E-state index in [0.717, 1.165) is 44.2 Å². The summed E-state index contributed by atoms with van der Waals surface area (Å²) in [5.41, 5.74) is 5.02. The molecule has 1 aromatic heterocycles. The molecule has 0 saturated carbocycles. The van der Waals surface area contributed by atoms with Crippen LogP contribution in [-0.4, -0.2) is 49.7 Å². The Hall–Kier alpha value is -4.43. The van der Waals surface area contributed by atoms with Gasteiger partial charge in [-0.1, -0.05) is 72.8 Å². The minimum Gasteiger partial charge on any atom is -0.480 e. The van der Waals surface area contributed by atoms with Crippen LogP contribution in [-0.2, 0) is 20.3 Å². The van der Waals surface area contributed by atoms with Crippen LogP contribution in [0.5, 0.6) is 0 Å². The number of hydrogen-bond acceptors (Lipinski definition) is 5. The highest BCUT2D eigenvalue weighted by Crippen LogP contribution is 2.36. The molecule has 2 unspecified atom stereocenters. The lowest BCUT2D eigenvalue weighted by Crippen LogP contribution is -2.43. The zero-order chi connectivity index (χ0) is 29.6. The molecule has 0 spiro atoms. The molecule has 214 valence electrons. The minimum atomic E-state index is -1.49. The Morgan fingerprint density at radius 2 is 1.48 bits per heavy atom. The number of carbonyl (C=O) groups excluding carboxylic acids is 1. The second-order valence-corrected chi connectivity index (χ2v) is 13.3. The van der Waals surface area contributed by atoms with E-state index in [-0.39, 0.29) is 13.0 Å². The second-order valence-electron chi connectivity index (χ2n) is 11.5. The number of ether oxygens (including phenoxy) is 1. The van der Waals surface area contributed by atoms with Crippen molar-refractivity contribution in [2.24, 2.45) is 0 Å². The summed E-state index contributed by atoms with van der Waals surface area (Å²) in [6.07, 6.45) is -0.604. The molecule has 1 aliphatic rings. The number of nitrogens with zero attached hydrogens (tertiary/aromatic N) is 1. The molecule has 1 N–H and O–H groups in total. The van der Waals surface area contributed by atoms with Crippen molar-refractivity contribution in [3.8, 4) is 22.3 Å². The van der Waals surface area contributed by atoms with Crippen molar-refractivity contribution < 1.29 is 28.1 Å². The molecule has 0 aliphatic carbocycles. The average molecular weight is 582 g/mol. The molecule has 6 rings (SSSR count). The van der Waals surface area contributed by atoms with Crippen LogP contribution in [0.15, 0.2) is 100 Å². The van der Waals surface area contributed by atoms with Crippen LogP contribution >= 0.6 is 0 Å². The number of aliphatic carboxylic acids is 1. The van der Waals surface area contributed by atoms with E-state index < -0.39 is 39.8 Å². The van der Waals surface area contributed by atoms with Gasteiger partial charge in [0, 0.05) is 27.8 Å². The van der Waals surface area contributed by atoms with E-state index in [1.54, 1.807) is 32.9 Å². The summed E-state index contributed by atoms with van der Waals surface area (Å²) in [5, 5.41) is 11.4. The van der Waals surface area contributed by atoms with E-state index in [4.69, 9.17) is 9.15 Å². The predicted molar refractivity (Wildman–Crippen MR) is 164 cm³/mol. The molecular weight excluding hydrogens is 550 g/mol. The van der Waals surface area contributed by atoms with Crippen molar-refractivity contribution in [2.75, 3.05) is 6.54 Å². The van der Waals surface area contributed by atoms with Crippen molar-refractivity contribution in [2.45, 2.75) is 49.0 Å². The molecule has 0 radical (unpaired) electrons. The van der Waals surface area contributed by atoms with Crippen LogP contribution in [0.25, 0.3) is 44.2 Å². The third kappa shape index (κ3) is 5.30. The number of carboxylic acid groups (broad SMARTS) is 1. The average Bonchev–Trinajstić information content (AvgIpc) is 3.59. The first kappa shape index (κ1) is 27.7. The van der Waals surface area contributed by atoms with Crippen molar-refractivity contribution >= 4 is 44.8 Å². The maximum atomic E-state index is 13.4. The summed E-state index contributed by atoms with van der Waals surface area (Å²) in [6, 6.07) is 28.8. The number of furan rings is 1. The number of carboxylic acids is 1. The molecule has 1 aliphatic heterocycles. The highest BCUT2D eigenvalue weighted by molar-refractivity contribution is 7.85. The summed E-state index contributed by atoms with van der Waals surface area (Å²) in [5.74, 6) is -1.13. The van der Waals surface area contributed by atoms with Gasteiger partial charge in [-0.05, 0) is 62.1 Å². The Labute approximate surface area is 246 Å². The summed E-state index contributed by atoms with van der Waals surface area (Å²) >= 11 is 0. The SMILES string of the molecule is CC(C)(C)OC(=O)N1CC(S(=O)c2ccc(-c3ccc(-c4cccc5c4oc4ccccc45)cc3)cc2)C[C@H]1C(=O)O. The maximum absolute atomic E-state index is 13.4. The second kappa shape index (κ2) is 10.8. The Morgan fingerprint density at radius 3 is 2.14 bits per heavy atom. The summed E-state index contributed by atoms with van der Waals surface area (Å²) in [7, 11) is -1.49. The summed E-state index contributed by atoms with van der Waals surface area (Å²) < 4.78 is 25.0. The molecule has 3 atom stereocenters. The Balaban J connectivity index is 1.19. The predicted octanol–water partition coefficient (Wildman–Crippen LogP) is 7.49. The van der Waals surface area contributed by atoms with Gasteiger partial charge < -0.3 is 14.3 Å². The fourth-order valence-corrected chi connectivity index (χ4v) is 6.94. The number of likely N-dealkylation sites (tertiary alicyclic amines) is 1. The Morgan fingerprint density at radius 1 is 0.857 bits per heavy atom. The molecule has 7 nitrogen and oxygen atoms in total. The molecule has 4 aromatic carbocycles. The summed E-state index contributed by atoms with van der Waals surface area (Å²) in [6.45, 7) is 5.23. The molecule has 1 amide bonds.